The zero-order valence-electron chi connectivity index (χ0n) is 11.8. The molecule has 0 bridgehead atoms. The van der Waals surface area contributed by atoms with E-state index in [-0.39, 0.29) is 17.7 Å². The van der Waals surface area contributed by atoms with Crippen LogP contribution in [0, 0.1) is 10.8 Å². The van der Waals surface area contributed by atoms with Crippen LogP contribution in [0.5, 0.6) is 0 Å². The van der Waals surface area contributed by atoms with E-state index in [0.29, 0.717) is 19.4 Å². The van der Waals surface area contributed by atoms with Gasteiger partial charge in [0.2, 0.25) is 5.91 Å². The highest BCUT2D eigenvalue weighted by atomic mass is 16.4. The molecular formula is C15H25NO3. The van der Waals surface area contributed by atoms with Gasteiger partial charge in [-0.2, -0.15) is 0 Å². The van der Waals surface area contributed by atoms with Gasteiger partial charge in [-0.25, -0.2) is 0 Å². The van der Waals surface area contributed by atoms with Crippen molar-refractivity contribution in [2.45, 2.75) is 64.7 Å². The Bertz CT molecular complexity index is 354. The zero-order valence-corrected chi connectivity index (χ0v) is 11.8. The molecule has 0 spiro atoms. The molecule has 2 aliphatic rings. The second-order valence-corrected chi connectivity index (χ2v) is 6.76. The summed E-state index contributed by atoms with van der Waals surface area (Å²) in [6, 6.07) is 0. The third kappa shape index (κ3) is 3.28. The summed E-state index contributed by atoms with van der Waals surface area (Å²) >= 11 is 0. The van der Waals surface area contributed by atoms with E-state index in [1.807, 2.05) is 0 Å². The first-order valence-corrected chi connectivity index (χ1v) is 7.46. The van der Waals surface area contributed by atoms with Crippen molar-refractivity contribution in [2.24, 2.45) is 10.8 Å². The molecule has 2 N–H and O–H groups in total. The van der Waals surface area contributed by atoms with Crippen LogP contribution < -0.4 is 5.32 Å². The van der Waals surface area contributed by atoms with Gasteiger partial charge in [-0.05, 0) is 31.1 Å². The lowest BCUT2D eigenvalue weighted by molar-refractivity contribution is -0.154. The molecule has 1 amide bonds. The van der Waals surface area contributed by atoms with E-state index in [1.54, 1.807) is 0 Å². The molecule has 0 aromatic heterocycles. The van der Waals surface area contributed by atoms with Gasteiger partial charge >= 0.3 is 5.97 Å². The van der Waals surface area contributed by atoms with Gasteiger partial charge in [0, 0.05) is 13.0 Å². The van der Waals surface area contributed by atoms with Crippen molar-refractivity contribution in [3.63, 3.8) is 0 Å². The Morgan fingerprint density at radius 2 is 1.68 bits per heavy atom. The molecule has 4 heteroatoms. The second kappa shape index (κ2) is 5.51. The molecule has 0 radical (unpaired) electrons. The molecule has 2 saturated carbocycles. The standard InChI is InChI=1S/C15H25NO3/c1-14(6-5-7-14)11-16-12(17)10-15(13(18)19)8-3-2-4-9-15/h2-11H2,1H3,(H,16,17)(H,18,19). The number of carbonyl (C=O) groups is 2. The van der Waals surface area contributed by atoms with Crippen molar-refractivity contribution in [2.75, 3.05) is 6.54 Å². The fraction of sp³-hybridized carbons (Fsp3) is 0.867. The lowest BCUT2D eigenvalue weighted by atomic mass is 9.70. The van der Waals surface area contributed by atoms with Crippen molar-refractivity contribution in [1.29, 1.82) is 0 Å². The monoisotopic (exact) mass is 267 g/mol. The molecule has 0 atom stereocenters. The Kier molecular flexibility index (Phi) is 4.16. The van der Waals surface area contributed by atoms with Crippen molar-refractivity contribution in [1.82, 2.24) is 5.32 Å². The number of amides is 1. The fourth-order valence-corrected chi connectivity index (χ4v) is 3.33. The van der Waals surface area contributed by atoms with E-state index >= 15 is 0 Å². The van der Waals surface area contributed by atoms with Crippen LogP contribution in [0.4, 0.5) is 0 Å². The number of hydrogen-bond acceptors (Lipinski definition) is 2. The first-order chi connectivity index (χ1) is 8.96. The third-order valence-corrected chi connectivity index (χ3v) is 5.04. The van der Waals surface area contributed by atoms with Crippen molar-refractivity contribution >= 4 is 11.9 Å². The quantitative estimate of drug-likeness (QED) is 0.805. The van der Waals surface area contributed by atoms with Crippen LogP contribution in [0.15, 0.2) is 0 Å². The molecule has 19 heavy (non-hydrogen) atoms. The van der Waals surface area contributed by atoms with Gasteiger partial charge in [0.25, 0.3) is 0 Å². The average molecular weight is 267 g/mol. The van der Waals surface area contributed by atoms with E-state index in [2.05, 4.69) is 12.2 Å². The molecule has 108 valence electrons. The fourth-order valence-electron chi connectivity index (χ4n) is 3.33. The predicted octanol–water partition coefficient (Wildman–Crippen LogP) is 2.72. The molecule has 0 saturated heterocycles. The number of rotatable bonds is 5. The van der Waals surface area contributed by atoms with Crippen LogP contribution >= 0.6 is 0 Å². The van der Waals surface area contributed by atoms with Crippen LogP contribution in [0.1, 0.15) is 64.7 Å². The summed E-state index contributed by atoms with van der Waals surface area (Å²) in [6.45, 7) is 2.88. The average Bonchev–Trinajstić information content (AvgIpc) is 2.35. The molecule has 0 aromatic carbocycles. The van der Waals surface area contributed by atoms with E-state index in [9.17, 15) is 14.7 Å². The third-order valence-electron chi connectivity index (χ3n) is 5.04. The lowest BCUT2D eigenvalue weighted by Gasteiger charge is -2.39. The summed E-state index contributed by atoms with van der Waals surface area (Å²) in [4.78, 5) is 23.5. The van der Waals surface area contributed by atoms with Crippen molar-refractivity contribution < 1.29 is 14.7 Å². The maximum absolute atomic E-state index is 12.0. The minimum Gasteiger partial charge on any atom is -0.481 e. The number of carboxylic acid groups (broad SMARTS) is 1. The Labute approximate surface area is 115 Å². The van der Waals surface area contributed by atoms with Crippen LogP contribution in [0.3, 0.4) is 0 Å². The minimum absolute atomic E-state index is 0.0857. The minimum atomic E-state index is -0.803. The van der Waals surface area contributed by atoms with Crippen molar-refractivity contribution in [3.05, 3.63) is 0 Å². The molecular weight excluding hydrogens is 242 g/mol. The van der Waals surface area contributed by atoms with Crippen LogP contribution in [-0.4, -0.2) is 23.5 Å². The molecule has 2 aliphatic carbocycles. The summed E-state index contributed by atoms with van der Waals surface area (Å²) in [5.74, 6) is -0.880. The first kappa shape index (κ1) is 14.4. The lowest BCUT2D eigenvalue weighted by Crippen LogP contribution is -2.43. The Hall–Kier alpha value is -1.06. The molecule has 2 fully saturated rings. The predicted molar refractivity (Wildman–Crippen MR) is 72.7 cm³/mol. The molecule has 0 aromatic rings. The smallest absolute Gasteiger partial charge is 0.310 e. The summed E-state index contributed by atoms with van der Waals surface area (Å²) in [6.07, 6.45) is 7.96. The Balaban J connectivity index is 1.86. The zero-order chi connectivity index (χ0) is 13.9. The van der Waals surface area contributed by atoms with Gasteiger partial charge in [0.1, 0.15) is 0 Å². The van der Waals surface area contributed by atoms with Crippen LogP contribution in [-0.2, 0) is 9.59 Å². The second-order valence-electron chi connectivity index (χ2n) is 6.76. The Morgan fingerprint density at radius 3 is 2.16 bits per heavy atom. The van der Waals surface area contributed by atoms with E-state index in [4.69, 9.17) is 0 Å². The van der Waals surface area contributed by atoms with Gasteiger partial charge < -0.3 is 10.4 Å². The molecule has 0 aliphatic heterocycles. The first-order valence-electron chi connectivity index (χ1n) is 7.46. The largest absolute Gasteiger partial charge is 0.481 e. The summed E-state index contributed by atoms with van der Waals surface area (Å²) in [7, 11) is 0. The van der Waals surface area contributed by atoms with Gasteiger partial charge in [0.05, 0.1) is 5.41 Å². The van der Waals surface area contributed by atoms with Crippen LogP contribution in [0.25, 0.3) is 0 Å². The molecule has 4 nitrogen and oxygen atoms in total. The van der Waals surface area contributed by atoms with Crippen LogP contribution in [0.2, 0.25) is 0 Å². The summed E-state index contributed by atoms with van der Waals surface area (Å²) in [5, 5.41) is 12.4. The molecule has 0 heterocycles. The van der Waals surface area contributed by atoms with Crippen molar-refractivity contribution in [3.8, 4) is 0 Å². The molecule has 0 unspecified atom stereocenters. The van der Waals surface area contributed by atoms with Gasteiger partial charge in [-0.15, -0.1) is 0 Å². The van der Waals surface area contributed by atoms with E-state index < -0.39 is 11.4 Å². The topological polar surface area (TPSA) is 66.4 Å². The Morgan fingerprint density at radius 1 is 1.05 bits per heavy atom. The highest BCUT2D eigenvalue weighted by molar-refractivity contribution is 5.85. The van der Waals surface area contributed by atoms with Gasteiger partial charge in [-0.1, -0.05) is 32.6 Å². The maximum atomic E-state index is 12.0. The highest BCUT2D eigenvalue weighted by Crippen LogP contribution is 2.41. The van der Waals surface area contributed by atoms with Gasteiger partial charge in [0.15, 0.2) is 0 Å². The maximum Gasteiger partial charge on any atom is 0.310 e. The highest BCUT2D eigenvalue weighted by Gasteiger charge is 2.41. The number of hydrogen-bond donors (Lipinski definition) is 2. The number of carbonyl (C=O) groups excluding carboxylic acids is 1. The molecule has 2 rings (SSSR count). The number of aliphatic carboxylic acids is 1. The summed E-state index contributed by atoms with van der Waals surface area (Å²) in [5.41, 5.74) is -0.554. The summed E-state index contributed by atoms with van der Waals surface area (Å²) < 4.78 is 0. The van der Waals surface area contributed by atoms with E-state index in [0.717, 1.165) is 32.1 Å². The van der Waals surface area contributed by atoms with Gasteiger partial charge in [-0.3, -0.25) is 9.59 Å². The van der Waals surface area contributed by atoms with E-state index in [1.165, 1.54) is 6.42 Å². The number of nitrogens with one attached hydrogen (secondary N) is 1. The number of carboxylic acids is 1. The SMILES string of the molecule is CC1(CNC(=O)CC2(C(=O)O)CCCCC2)CCC1. The normalized spacial score (nSPS) is 24.3.